The van der Waals surface area contributed by atoms with Gasteiger partial charge in [0.05, 0.1) is 0 Å². The summed E-state index contributed by atoms with van der Waals surface area (Å²) >= 11 is 0. The molecule has 1 aromatic rings. The molecule has 3 nitrogen and oxygen atoms in total. The van der Waals surface area contributed by atoms with E-state index in [1.165, 1.54) is 11.1 Å². The summed E-state index contributed by atoms with van der Waals surface area (Å²) in [4.78, 5) is 14.2. The first-order valence-electron chi connectivity index (χ1n) is 7.61. The minimum absolute atomic E-state index is 0.216. The molecule has 1 aliphatic rings. The Morgan fingerprint density at radius 2 is 2.00 bits per heavy atom. The molecule has 1 fully saturated rings. The Bertz CT molecular complexity index is 441. The molecule has 1 aliphatic heterocycles. The Hall–Kier alpha value is -1.35. The molecule has 0 aliphatic carbocycles. The average Bonchev–Trinajstić information content (AvgIpc) is 2.60. The molecule has 1 N–H and O–H groups in total. The van der Waals surface area contributed by atoms with Gasteiger partial charge in [-0.2, -0.15) is 0 Å². The van der Waals surface area contributed by atoms with E-state index in [4.69, 9.17) is 0 Å². The summed E-state index contributed by atoms with van der Waals surface area (Å²) in [5.41, 5.74) is 2.52. The number of carbonyl (C=O) groups excluding carboxylic acids is 1. The van der Waals surface area contributed by atoms with Crippen LogP contribution in [0.1, 0.15) is 43.4 Å². The van der Waals surface area contributed by atoms with E-state index in [0.29, 0.717) is 18.2 Å². The summed E-state index contributed by atoms with van der Waals surface area (Å²) in [7, 11) is 1.97. The van der Waals surface area contributed by atoms with Gasteiger partial charge in [-0.15, -0.1) is 0 Å². The van der Waals surface area contributed by atoms with E-state index in [-0.39, 0.29) is 6.04 Å². The summed E-state index contributed by atoms with van der Waals surface area (Å²) in [6.45, 7) is 6.00. The summed E-state index contributed by atoms with van der Waals surface area (Å²) in [6.07, 6.45) is 2.85. The number of rotatable bonds is 4. The van der Waals surface area contributed by atoms with Crippen LogP contribution in [0.2, 0.25) is 0 Å². The number of likely N-dealkylation sites (tertiary alicyclic amines) is 1. The van der Waals surface area contributed by atoms with Gasteiger partial charge in [0.25, 0.3) is 0 Å². The Morgan fingerprint density at radius 3 is 2.65 bits per heavy atom. The molecule has 110 valence electrons. The smallest absolute Gasteiger partial charge is 0.222 e. The molecule has 2 unspecified atom stereocenters. The maximum absolute atomic E-state index is 12.2. The van der Waals surface area contributed by atoms with Gasteiger partial charge in [-0.3, -0.25) is 4.79 Å². The van der Waals surface area contributed by atoms with Gasteiger partial charge in [0.2, 0.25) is 5.91 Å². The fraction of sp³-hybridized carbons (Fsp3) is 0.588. The molecule has 0 bridgehead atoms. The van der Waals surface area contributed by atoms with Gasteiger partial charge in [-0.1, -0.05) is 36.8 Å². The first kappa shape index (κ1) is 15.0. The van der Waals surface area contributed by atoms with Crippen molar-refractivity contribution in [1.82, 2.24) is 10.2 Å². The maximum Gasteiger partial charge on any atom is 0.222 e. The minimum Gasteiger partial charge on any atom is -0.341 e. The third-order valence-corrected chi connectivity index (χ3v) is 4.33. The molecule has 2 rings (SSSR count). The minimum atomic E-state index is 0.216. The molecule has 0 spiro atoms. The number of hydrogen-bond donors (Lipinski definition) is 1. The van der Waals surface area contributed by atoms with Crippen molar-refractivity contribution in [2.24, 2.45) is 5.92 Å². The predicted octanol–water partition coefficient (Wildman–Crippen LogP) is 2.90. The number of amides is 1. The monoisotopic (exact) mass is 274 g/mol. The molecular formula is C17H26N2O. The average molecular weight is 274 g/mol. The van der Waals surface area contributed by atoms with E-state index >= 15 is 0 Å². The van der Waals surface area contributed by atoms with Crippen molar-refractivity contribution in [1.29, 1.82) is 0 Å². The summed E-state index contributed by atoms with van der Waals surface area (Å²) in [5, 5.41) is 3.34. The van der Waals surface area contributed by atoms with Crippen molar-refractivity contribution in [2.75, 3.05) is 20.1 Å². The number of nitrogens with one attached hydrogen (secondary N) is 1. The molecular weight excluding hydrogens is 248 g/mol. The number of benzene rings is 1. The van der Waals surface area contributed by atoms with E-state index in [9.17, 15) is 4.79 Å². The molecule has 1 aromatic carbocycles. The molecule has 3 heteroatoms. The zero-order valence-electron chi connectivity index (χ0n) is 12.9. The van der Waals surface area contributed by atoms with Gasteiger partial charge >= 0.3 is 0 Å². The standard InChI is InChI=1S/C17H26N2O/c1-13-4-7-15(8-5-13)16(18-3)12-19-11-10-14(2)6-9-17(19)20/h4-5,7-8,14,16,18H,6,9-12H2,1-3H3. The third-order valence-electron chi connectivity index (χ3n) is 4.33. The van der Waals surface area contributed by atoms with Crippen LogP contribution < -0.4 is 5.32 Å². The van der Waals surface area contributed by atoms with E-state index in [0.717, 1.165) is 25.9 Å². The lowest BCUT2D eigenvalue weighted by molar-refractivity contribution is -0.131. The van der Waals surface area contributed by atoms with Crippen LogP contribution in [0.15, 0.2) is 24.3 Å². The van der Waals surface area contributed by atoms with Crippen LogP contribution in [-0.2, 0) is 4.79 Å². The van der Waals surface area contributed by atoms with Crippen LogP contribution in [-0.4, -0.2) is 30.9 Å². The molecule has 1 amide bonds. The fourth-order valence-corrected chi connectivity index (χ4v) is 2.75. The Morgan fingerprint density at radius 1 is 1.30 bits per heavy atom. The highest BCUT2D eigenvalue weighted by Crippen LogP contribution is 2.21. The van der Waals surface area contributed by atoms with Crippen molar-refractivity contribution in [2.45, 2.75) is 39.2 Å². The van der Waals surface area contributed by atoms with Crippen LogP contribution in [0.3, 0.4) is 0 Å². The van der Waals surface area contributed by atoms with Crippen LogP contribution >= 0.6 is 0 Å². The predicted molar refractivity (Wildman–Crippen MR) is 82.6 cm³/mol. The van der Waals surface area contributed by atoms with E-state index in [1.54, 1.807) is 0 Å². The SMILES string of the molecule is CNC(CN1CCC(C)CCC1=O)c1ccc(C)cc1. The van der Waals surface area contributed by atoms with Gasteiger partial charge in [0.15, 0.2) is 0 Å². The van der Waals surface area contributed by atoms with Crippen molar-refractivity contribution in [3.8, 4) is 0 Å². The molecule has 0 saturated carbocycles. The van der Waals surface area contributed by atoms with Crippen molar-refractivity contribution in [3.05, 3.63) is 35.4 Å². The quantitative estimate of drug-likeness (QED) is 0.915. The summed E-state index contributed by atoms with van der Waals surface area (Å²) in [5.74, 6) is 0.970. The lowest BCUT2D eigenvalue weighted by Gasteiger charge is -2.27. The van der Waals surface area contributed by atoms with Crippen molar-refractivity contribution < 1.29 is 4.79 Å². The highest BCUT2D eigenvalue weighted by atomic mass is 16.2. The largest absolute Gasteiger partial charge is 0.341 e. The number of hydrogen-bond acceptors (Lipinski definition) is 2. The van der Waals surface area contributed by atoms with Crippen molar-refractivity contribution in [3.63, 3.8) is 0 Å². The van der Waals surface area contributed by atoms with Crippen molar-refractivity contribution >= 4 is 5.91 Å². The molecule has 1 saturated heterocycles. The lowest BCUT2D eigenvalue weighted by Crippen LogP contribution is -2.37. The van der Waals surface area contributed by atoms with E-state index in [1.807, 2.05) is 11.9 Å². The van der Waals surface area contributed by atoms with Gasteiger partial charge in [0.1, 0.15) is 0 Å². The van der Waals surface area contributed by atoms with Crippen LogP contribution in [0.5, 0.6) is 0 Å². The second-order valence-corrected chi connectivity index (χ2v) is 6.02. The van der Waals surface area contributed by atoms with Crippen LogP contribution in [0, 0.1) is 12.8 Å². The van der Waals surface area contributed by atoms with Gasteiger partial charge in [-0.25, -0.2) is 0 Å². The first-order chi connectivity index (χ1) is 9.60. The topological polar surface area (TPSA) is 32.3 Å². The Kier molecular flexibility index (Phi) is 5.18. The fourth-order valence-electron chi connectivity index (χ4n) is 2.75. The zero-order chi connectivity index (χ0) is 14.5. The highest BCUT2D eigenvalue weighted by Gasteiger charge is 2.23. The highest BCUT2D eigenvalue weighted by molar-refractivity contribution is 5.76. The number of carbonyl (C=O) groups is 1. The number of aryl methyl sites for hydroxylation is 1. The van der Waals surface area contributed by atoms with Gasteiger partial charge < -0.3 is 10.2 Å². The summed E-state index contributed by atoms with van der Waals surface area (Å²) < 4.78 is 0. The Labute approximate surface area is 122 Å². The normalized spacial score (nSPS) is 21.6. The maximum atomic E-state index is 12.2. The summed E-state index contributed by atoms with van der Waals surface area (Å²) in [6, 6.07) is 8.79. The number of likely N-dealkylation sites (N-methyl/N-ethyl adjacent to an activating group) is 1. The second-order valence-electron chi connectivity index (χ2n) is 6.02. The zero-order valence-corrected chi connectivity index (χ0v) is 12.9. The lowest BCUT2D eigenvalue weighted by atomic mass is 10.0. The first-order valence-corrected chi connectivity index (χ1v) is 7.61. The molecule has 0 radical (unpaired) electrons. The van der Waals surface area contributed by atoms with Gasteiger partial charge in [-0.05, 0) is 38.3 Å². The molecule has 1 heterocycles. The molecule has 0 aromatic heterocycles. The molecule has 2 atom stereocenters. The van der Waals surface area contributed by atoms with Gasteiger partial charge in [0, 0.05) is 25.6 Å². The van der Waals surface area contributed by atoms with Crippen LogP contribution in [0.25, 0.3) is 0 Å². The number of nitrogens with zero attached hydrogens (tertiary/aromatic N) is 1. The van der Waals surface area contributed by atoms with Crippen LogP contribution in [0.4, 0.5) is 0 Å². The second kappa shape index (κ2) is 6.89. The Balaban J connectivity index is 2.05. The third kappa shape index (κ3) is 3.83. The van der Waals surface area contributed by atoms with E-state index in [2.05, 4.69) is 43.4 Å². The molecule has 20 heavy (non-hydrogen) atoms. The van der Waals surface area contributed by atoms with E-state index < -0.39 is 0 Å².